The molecule has 5 rings (SSSR count). The fourth-order valence-electron chi connectivity index (χ4n) is 5.76. The predicted molar refractivity (Wildman–Crippen MR) is 122 cm³/mol. The Bertz CT molecular complexity index is 990. The van der Waals surface area contributed by atoms with Crippen LogP contribution in [-0.4, -0.2) is 37.1 Å². The molecule has 1 atom stereocenters. The topological polar surface area (TPSA) is 50.8 Å². The van der Waals surface area contributed by atoms with Crippen LogP contribution in [0.3, 0.4) is 0 Å². The quantitative estimate of drug-likeness (QED) is 0.767. The lowest BCUT2D eigenvalue weighted by Crippen LogP contribution is -2.48. The van der Waals surface area contributed by atoms with Crippen molar-refractivity contribution in [3.05, 3.63) is 52.6 Å². The molecule has 5 nitrogen and oxygen atoms in total. The summed E-state index contributed by atoms with van der Waals surface area (Å²) in [5.41, 5.74) is 5.94. The van der Waals surface area contributed by atoms with Crippen LogP contribution < -0.4 is 14.8 Å². The number of carbonyl (C=O) groups excluding carboxylic acids is 1. The van der Waals surface area contributed by atoms with Crippen molar-refractivity contribution in [3.8, 4) is 11.5 Å². The molecule has 2 heterocycles. The first-order valence-electron chi connectivity index (χ1n) is 11.5. The fourth-order valence-corrected chi connectivity index (χ4v) is 5.76. The molecule has 3 aliphatic rings. The zero-order valence-corrected chi connectivity index (χ0v) is 18.8. The Balaban J connectivity index is 1.44. The number of rotatable bonds is 3. The number of anilines is 1. The van der Waals surface area contributed by atoms with Gasteiger partial charge in [-0.05, 0) is 68.0 Å². The van der Waals surface area contributed by atoms with Crippen LogP contribution in [0.1, 0.15) is 60.9 Å². The molecular formula is C26H32N2O3. The second-order valence-corrected chi connectivity index (χ2v) is 9.47. The van der Waals surface area contributed by atoms with E-state index in [9.17, 15) is 4.79 Å². The highest BCUT2D eigenvalue weighted by atomic mass is 16.6. The zero-order valence-electron chi connectivity index (χ0n) is 18.8. The average Bonchev–Trinajstić information content (AvgIpc) is 3.23. The van der Waals surface area contributed by atoms with Gasteiger partial charge in [-0.2, -0.15) is 0 Å². The summed E-state index contributed by atoms with van der Waals surface area (Å²) in [4.78, 5) is 15.4. The summed E-state index contributed by atoms with van der Waals surface area (Å²) >= 11 is 0. The summed E-state index contributed by atoms with van der Waals surface area (Å²) in [7, 11) is 0. The maximum atomic E-state index is 13.1. The van der Waals surface area contributed by atoms with Crippen LogP contribution in [0.5, 0.6) is 11.5 Å². The summed E-state index contributed by atoms with van der Waals surface area (Å²) in [5.74, 6) is 1.77. The van der Waals surface area contributed by atoms with E-state index in [0.717, 1.165) is 34.9 Å². The standard InChI is InChI=1S/C26H32N2O3/c1-17-7-6-8-18(2)25(17)27-24(29)15-28-16-26(9-4-5-10-26)21-14-23-22(30-11-12-31-23)13-20(21)19(28)3/h6-8,13-14,19H,4-5,9-12,15-16H2,1-3H3,(H,27,29)/t19-/m0/s1. The number of fused-ring (bicyclic) bond motifs is 3. The Morgan fingerprint density at radius 3 is 2.42 bits per heavy atom. The van der Waals surface area contributed by atoms with E-state index in [0.29, 0.717) is 19.8 Å². The van der Waals surface area contributed by atoms with Crippen molar-refractivity contribution < 1.29 is 14.3 Å². The van der Waals surface area contributed by atoms with Crippen LogP contribution in [0, 0.1) is 13.8 Å². The van der Waals surface area contributed by atoms with E-state index >= 15 is 0 Å². The molecule has 2 aromatic carbocycles. The number of aryl methyl sites for hydroxylation is 2. The third-order valence-electron chi connectivity index (χ3n) is 7.44. The van der Waals surface area contributed by atoms with Crippen molar-refractivity contribution in [1.82, 2.24) is 4.90 Å². The van der Waals surface area contributed by atoms with Gasteiger partial charge in [0.05, 0.1) is 6.54 Å². The monoisotopic (exact) mass is 420 g/mol. The van der Waals surface area contributed by atoms with Crippen LogP contribution in [0.15, 0.2) is 30.3 Å². The molecule has 0 aromatic heterocycles. The maximum Gasteiger partial charge on any atom is 0.238 e. The second kappa shape index (κ2) is 7.86. The highest BCUT2D eigenvalue weighted by Gasteiger charge is 2.45. The Hall–Kier alpha value is -2.53. The van der Waals surface area contributed by atoms with Crippen LogP contribution in [0.25, 0.3) is 0 Å². The second-order valence-electron chi connectivity index (χ2n) is 9.47. The summed E-state index contributed by atoms with van der Waals surface area (Å²) in [6, 6.07) is 10.7. The van der Waals surface area contributed by atoms with E-state index in [2.05, 4.69) is 29.3 Å². The number of ether oxygens (including phenoxy) is 2. The number of hydrogen-bond donors (Lipinski definition) is 1. The first-order chi connectivity index (χ1) is 15.0. The highest BCUT2D eigenvalue weighted by Crippen LogP contribution is 2.51. The van der Waals surface area contributed by atoms with Gasteiger partial charge >= 0.3 is 0 Å². The number of nitrogens with zero attached hydrogens (tertiary/aromatic N) is 1. The van der Waals surface area contributed by atoms with Gasteiger partial charge in [0.25, 0.3) is 0 Å². The predicted octanol–water partition coefficient (Wildman–Crippen LogP) is 4.90. The molecule has 1 saturated carbocycles. The van der Waals surface area contributed by atoms with Gasteiger partial charge in [-0.1, -0.05) is 31.0 Å². The minimum atomic E-state index is 0.0541. The van der Waals surface area contributed by atoms with Crippen molar-refractivity contribution in [2.24, 2.45) is 0 Å². The van der Waals surface area contributed by atoms with Crippen LogP contribution in [-0.2, 0) is 10.2 Å². The Morgan fingerprint density at radius 2 is 1.74 bits per heavy atom. The highest BCUT2D eigenvalue weighted by molar-refractivity contribution is 5.93. The number of para-hydroxylation sites is 1. The van der Waals surface area contributed by atoms with E-state index in [4.69, 9.17) is 9.47 Å². The first kappa shape index (κ1) is 20.4. The third kappa shape index (κ3) is 3.59. The van der Waals surface area contributed by atoms with Crippen LogP contribution >= 0.6 is 0 Å². The largest absolute Gasteiger partial charge is 0.486 e. The number of benzene rings is 2. The Labute approximate surface area is 184 Å². The molecule has 1 amide bonds. The van der Waals surface area contributed by atoms with E-state index in [-0.39, 0.29) is 17.4 Å². The van der Waals surface area contributed by atoms with Gasteiger partial charge in [-0.3, -0.25) is 9.69 Å². The molecule has 0 unspecified atom stereocenters. The molecule has 164 valence electrons. The minimum absolute atomic E-state index is 0.0541. The molecule has 1 spiro atoms. The van der Waals surface area contributed by atoms with Gasteiger partial charge in [0.15, 0.2) is 11.5 Å². The van der Waals surface area contributed by atoms with E-state index in [1.54, 1.807) is 0 Å². The van der Waals surface area contributed by atoms with Crippen molar-refractivity contribution in [2.75, 3.05) is 31.6 Å². The molecule has 2 aliphatic heterocycles. The van der Waals surface area contributed by atoms with Crippen molar-refractivity contribution in [2.45, 2.75) is 57.9 Å². The number of hydrogen-bond acceptors (Lipinski definition) is 4. The smallest absolute Gasteiger partial charge is 0.238 e. The van der Waals surface area contributed by atoms with Crippen molar-refractivity contribution in [1.29, 1.82) is 0 Å². The van der Waals surface area contributed by atoms with E-state index < -0.39 is 0 Å². The summed E-state index contributed by atoms with van der Waals surface area (Å²) < 4.78 is 11.8. The minimum Gasteiger partial charge on any atom is -0.486 e. The lowest BCUT2D eigenvalue weighted by molar-refractivity contribution is -0.118. The molecule has 0 saturated heterocycles. The lowest BCUT2D eigenvalue weighted by atomic mass is 9.71. The summed E-state index contributed by atoms with van der Waals surface area (Å²) in [6.07, 6.45) is 4.82. The molecule has 31 heavy (non-hydrogen) atoms. The molecule has 1 aliphatic carbocycles. The number of nitrogens with one attached hydrogen (secondary N) is 1. The van der Waals surface area contributed by atoms with Gasteiger partial charge in [0.2, 0.25) is 5.91 Å². The third-order valence-corrected chi connectivity index (χ3v) is 7.44. The molecule has 0 bridgehead atoms. The van der Waals surface area contributed by atoms with Crippen LogP contribution in [0.2, 0.25) is 0 Å². The normalized spacial score (nSPS) is 21.7. The van der Waals surface area contributed by atoms with Crippen LogP contribution in [0.4, 0.5) is 5.69 Å². The molecular weight excluding hydrogens is 388 g/mol. The molecule has 5 heteroatoms. The Kier molecular flexibility index (Phi) is 5.17. The van der Waals surface area contributed by atoms with Gasteiger partial charge in [-0.15, -0.1) is 0 Å². The fraction of sp³-hybridized carbons (Fsp3) is 0.500. The van der Waals surface area contributed by atoms with Gasteiger partial charge in [0.1, 0.15) is 13.2 Å². The van der Waals surface area contributed by atoms with E-state index in [1.165, 1.54) is 36.8 Å². The van der Waals surface area contributed by atoms with E-state index in [1.807, 2.05) is 32.0 Å². The zero-order chi connectivity index (χ0) is 21.6. The van der Waals surface area contributed by atoms with Gasteiger partial charge in [-0.25, -0.2) is 0 Å². The summed E-state index contributed by atoms with van der Waals surface area (Å²) in [6.45, 7) is 8.81. The number of amides is 1. The first-order valence-corrected chi connectivity index (χ1v) is 11.5. The van der Waals surface area contributed by atoms with Crippen molar-refractivity contribution >= 4 is 11.6 Å². The molecule has 1 N–H and O–H groups in total. The van der Waals surface area contributed by atoms with Crippen molar-refractivity contribution in [3.63, 3.8) is 0 Å². The van der Waals surface area contributed by atoms with Gasteiger partial charge < -0.3 is 14.8 Å². The van der Waals surface area contributed by atoms with Gasteiger partial charge in [0, 0.05) is 23.7 Å². The lowest BCUT2D eigenvalue weighted by Gasteiger charge is -2.46. The SMILES string of the molecule is Cc1cccc(C)c1NC(=O)CN1CC2(CCCC2)c2cc3c(cc2[C@@H]1C)OCCO3. The molecule has 1 fully saturated rings. The Morgan fingerprint density at radius 1 is 1.10 bits per heavy atom. The maximum absolute atomic E-state index is 13.1. The molecule has 2 aromatic rings. The number of carbonyl (C=O) groups is 1. The average molecular weight is 421 g/mol. The summed E-state index contributed by atoms with van der Waals surface area (Å²) in [5, 5.41) is 3.17. The molecule has 0 radical (unpaired) electrons.